The van der Waals surface area contributed by atoms with Gasteiger partial charge in [-0.2, -0.15) is 8.42 Å². The van der Waals surface area contributed by atoms with E-state index in [4.69, 9.17) is 0 Å². The molecule has 21 heavy (non-hydrogen) atoms. The molecule has 0 aromatic rings. The summed E-state index contributed by atoms with van der Waals surface area (Å²) in [5.74, 6) is 0.296. The van der Waals surface area contributed by atoms with Gasteiger partial charge in [0.2, 0.25) is 0 Å². The van der Waals surface area contributed by atoms with Crippen molar-refractivity contribution >= 4 is 39.7 Å². The third kappa shape index (κ3) is 4.08. The van der Waals surface area contributed by atoms with Gasteiger partial charge in [0.1, 0.15) is 4.90 Å². The number of hydrogen-bond acceptors (Lipinski definition) is 2. The maximum atomic E-state index is 11.6. The Morgan fingerprint density at radius 1 is 1.14 bits per heavy atom. The van der Waals surface area contributed by atoms with Crippen LogP contribution in [0.4, 0.5) is 0 Å². The van der Waals surface area contributed by atoms with Crippen molar-refractivity contribution in [2.45, 2.75) is 44.4 Å². The van der Waals surface area contributed by atoms with Gasteiger partial charge >= 0.3 is 29.6 Å². The standard InChI is InChI=1S/C16H20O3S.Na.H/c1-4-6-13-10-16(20(17,18)19)15-9-12(11(2)3)7-5-8-14(13)15;;/h5,7-11H,4,6H2,1-3H3,(H,17,18,19);;. The van der Waals surface area contributed by atoms with Crippen LogP contribution in [0.5, 0.6) is 0 Å². The van der Waals surface area contributed by atoms with Crippen LogP contribution in [0.15, 0.2) is 35.2 Å². The Morgan fingerprint density at radius 3 is 2.33 bits per heavy atom. The molecule has 0 aromatic heterocycles. The van der Waals surface area contributed by atoms with Gasteiger partial charge in [0.25, 0.3) is 10.1 Å². The van der Waals surface area contributed by atoms with Crippen molar-refractivity contribution in [2.24, 2.45) is 0 Å². The van der Waals surface area contributed by atoms with Gasteiger partial charge in [-0.15, -0.1) is 0 Å². The zero-order valence-electron chi connectivity index (χ0n) is 12.1. The molecule has 0 aliphatic heterocycles. The summed E-state index contributed by atoms with van der Waals surface area (Å²) in [6, 6.07) is 9.36. The third-order valence-electron chi connectivity index (χ3n) is 3.53. The van der Waals surface area contributed by atoms with E-state index in [0.29, 0.717) is 11.5 Å². The Morgan fingerprint density at radius 2 is 1.81 bits per heavy atom. The molecule has 0 fully saturated rings. The van der Waals surface area contributed by atoms with Gasteiger partial charge in [0, 0.05) is 5.56 Å². The second-order valence-corrected chi connectivity index (χ2v) is 6.80. The fraction of sp³-hybridized carbons (Fsp3) is 0.375. The van der Waals surface area contributed by atoms with Crippen molar-refractivity contribution in [1.82, 2.24) is 0 Å². The predicted octanol–water partition coefficient (Wildman–Crippen LogP) is 3.47. The Labute approximate surface area is 149 Å². The molecular weight excluding hydrogens is 295 g/mol. The zero-order valence-corrected chi connectivity index (χ0v) is 12.9. The van der Waals surface area contributed by atoms with E-state index in [1.54, 1.807) is 6.07 Å². The van der Waals surface area contributed by atoms with Crippen molar-refractivity contribution in [2.75, 3.05) is 0 Å². The second kappa shape index (κ2) is 7.25. The van der Waals surface area contributed by atoms with Crippen LogP contribution in [0.2, 0.25) is 0 Å². The van der Waals surface area contributed by atoms with Gasteiger partial charge < -0.3 is 0 Å². The van der Waals surface area contributed by atoms with Gasteiger partial charge in [-0.25, -0.2) is 0 Å². The molecule has 110 valence electrons. The molecule has 2 aliphatic carbocycles. The average Bonchev–Trinajstić information content (AvgIpc) is 2.56. The number of hydrogen-bond donors (Lipinski definition) is 1. The minimum absolute atomic E-state index is 0. The van der Waals surface area contributed by atoms with Gasteiger partial charge in [-0.1, -0.05) is 45.4 Å². The van der Waals surface area contributed by atoms with Crippen LogP contribution in [0, 0.1) is 0 Å². The fourth-order valence-electron chi connectivity index (χ4n) is 2.48. The molecule has 0 heterocycles. The van der Waals surface area contributed by atoms with E-state index in [-0.39, 0.29) is 34.5 Å². The van der Waals surface area contributed by atoms with E-state index in [2.05, 4.69) is 20.8 Å². The van der Waals surface area contributed by atoms with Crippen molar-refractivity contribution in [3.8, 4) is 11.1 Å². The Bertz CT molecular complexity index is 693. The summed E-state index contributed by atoms with van der Waals surface area (Å²) in [5, 5.41) is 0. The molecule has 0 unspecified atom stereocenters. The van der Waals surface area contributed by atoms with Crippen LogP contribution in [0.25, 0.3) is 11.1 Å². The van der Waals surface area contributed by atoms with Crippen molar-refractivity contribution in [1.29, 1.82) is 0 Å². The number of rotatable bonds is 4. The van der Waals surface area contributed by atoms with E-state index in [1.807, 2.05) is 24.3 Å². The van der Waals surface area contributed by atoms with Gasteiger partial charge in [0.15, 0.2) is 0 Å². The molecule has 1 N–H and O–H groups in total. The Hall–Kier alpha value is -0.390. The third-order valence-corrected chi connectivity index (χ3v) is 4.43. The van der Waals surface area contributed by atoms with E-state index < -0.39 is 10.1 Å². The average molecular weight is 316 g/mol. The summed E-state index contributed by atoms with van der Waals surface area (Å²) < 4.78 is 32.7. The quantitative estimate of drug-likeness (QED) is 0.694. The summed E-state index contributed by atoms with van der Waals surface area (Å²) >= 11 is 0. The minimum atomic E-state index is -4.20. The first-order valence-electron chi connectivity index (χ1n) is 6.87. The summed E-state index contributed by atoms with van der Waals surface area (Å²) in [4.78, 5) is 0.0223. The van der Waals surface area contributed by atoms with Crippen LogP contribution in [-0.4, -0.2) is 42.5 Å². The van der Waals surface area contributed by atoms with Crippen molar-refractivity contribution in [3.05, 3.63) is 41.5 Å². The Kier molecular flexibility index (Phi) is 6.44. The van der Waals surface area contributed by atoms with Crippen molar-refractivity contribution in [3.63, 3.8) is 0 Å². The molecule has 0 saturated carbocycles. The molecule has 0 spiro atoms. The normalized spacial score (nSPS) is 11.7. The SMILES string of the molecule is CCCc1cc(S(=O)(=O)O)c2cc(C(C)C)cccc1-2.[NaH]. The van der Waals surface area contributed by atoms with E-state index in [0.717, 1.165) is 29.5 Å². The first kappa shape index (κ1) is 18.7. The monoisotopic (exact) mass is 316 g/mol. The van der Waals surface area contributed by atoms with E-state index in [9.17, 15) is 13.0 Å². The summed E-state index contributed by atoms with van der Waals surface area (Å²) in [6.07, 6.45) is 1.73. The van der Waals surface area contributed by atoms with Crippen LogP contribution >= 0.6 is 0 Å². The predicted molar refractivity (Wildman–Crippen MR) is 88.1 cm³/mol. The fourth-order valence-corrected chi connectivity index (χ4v) is 3.22. The summed E-state index contributed by atoms with van der Waals surface area (Å²) in [5.41, 5.74) is 3.55. The molecular formula is C16H21NaO3S. The zero-order chi connectivity index (χ0) is 14.9. The first-order valence-corrected chi connectivity index (χ1v) is 8.31. The molecule has 2 aliphatic rings. The van der Waals surface area contributed by atoms with Crippen molar-refractivity contribution < 1.29 is 13.0 Å². The number of fused-ring (bicyclic) bond motifs is 1. The molecule has 0 amide bonds. The topological polar surface area (TPSA) is 54.4 Å². The van der Waals surface area contributed by atoms with Gasteiger partial charge in [0.05, 0.1) is 0 Å². The molecule has 2 rings (SSSR count). The molecule has 0 aromatic carbocycles. The molecule has 0 bridgehead atoms. The molecule has 3 nitrogen and oxygen atoms in total. The first-order chi connectivity index (χ1) is 9.34. The van der Waals surface area contributed by atoms with E-state index >= 15 is 0 Å². The van der Waals surface area contributed by atoms with Gasteiger partial charge in [-0.3, -0.25) is 4.55 Å². The number of aryl methyl sites for hydroxylation is 1. The molecule has 0 atom stereocenters. The van der Waals surface area contributed by atoms with Crippen LogP contribution in [-0.2, 0) is 16.5 Å². The molecule has 0 radical (unpaired) electrons. The molecule has 5 heteroatoms. The maximum absolute atomic E-state index is 11.6. The van der Waals surface area contributed by atoms with Crippen LogP contribution < -0.4 is 0 Å². The summed E-state index contributed by atoms with van der Waals surface area (Å²) in [6.45, 7) is 6.17. The Balaban J connectivity index is 0.00000220. The van der Waals surface area contributed by atoms with Crippen LogP contribution in [0.1, 0.15) is 44.2 Å². The molecule has 0 saturated heterocycles. The van der Waals surface area contributed by atoms with E-state index in [1.165, 1.54) is 0 Å². The summed E-state index contributed by atoms with van der Waals surface area (Å²) in [7, 11) is -4.20. The second-order valence-electron chi connectivity index (χ2n) is 5.41. The van der Waals surface area contributed by atoms with Crippen LogP contribution in [0.3, 0.4) is 0 Å². The van der Waals surface area contributed by atoms with Gasteiger partial charge in [-0.05, 0) is 41.2 Å².